The third-order valence-electron chi connectivity index (χ3n) is 3.27. The molecule has 0 aromatic heterocycles. The summed E-state index contributed by atoms with van der Waals surface area (Å²) >= 11 is 0. The maximum absolute atomic E-state index is 11.9. The second kappa shape index (κ2) is 7.41. The first kappa shape index (κ1) is 15.8. The molecule has 0 aliphatic heterocycles. The molecular weight excluding hydrogens is 278 g/mol. The molecule has 2 aromatic rings. The fourth-order valence-corrected chi connectivity index (χ4v) is 2.05. The summed E-state index contributed by atoms with van der Waals surface area (Å²) in [5.41, 5.74) is 2.41. The van der Waals surface area contributed by atoms with Crippen molar-refractivity contribution in [3.63, 3.8) is 0 Å². The summed E-state index contributed by atoms with van der Waals surface area (Å²) in [6.07, 6.45) is 0.958. The van der Waals surface area contributed by atoms with Gasteiger partial charge in [0.2, 0.25) is 0 Å². The molecule has 2 aromatic carbocycles. The lowest BCUT2D eigenvalue weighted by molar-refractivity contribution is -0.118. The Labute approximate surface area is 130 Å². The predicted molar refractivity (Wildman–Crippen MR) is 86.4 cm³/mol. The molecule has 114 valence electrons. The van der Waals surface area contributed by atoms with Crippen LogP contribution in [0.5, 0.6) is 5.75 Å². The highest BCUT2D eigenvalue weighted by atomic mass is 16.5. The van der Waals surface area contributed by atoms with Crippen molar-refractivity contribution in [1.29, 1.82) is 0 Å². The Morgan fingerprint density at radius 3 is 2.36 bits per heavy atom. The summed E-state index contributed by atoms with van der Waals surface area (Å²) in [5.74, 6) is 0.0697. The lowest BCUT2D eigenvalue weighted by Gasteiger charge is -2.10. The number of hydrogen-bond acceptors (Lipinski definition) is 3. The fourth-order valence-electron chi connectivity index (χ4n) is 2.05. The summed E-state index contributed by atoms with van der Waals surface area (Å²) in [6, 6.07) is 14.6. The van der Waals surface area contributed by atoms with Gasteiger partial charge < -0.3 is 10.1 Å². The number of amides is 1. The van der Waals surface area contributed by atoms with E-state index < -0.39 is 0 Å². The van der Waals surface area contributed by atoms with Gasteiger partial charge in [-0.05, 0) is 43.2 Å². The van der Waals surface area contributed by atoms with Crippen LogP contribution >= 0.6 is 0 Å². The van der Waals surface area contributed by atoms with Crippen molar-refractivity contribution >= 4 is 17.4 Å². The van der Waals surface area contributed by atoms with Crippen LogP contribution in [0.25, 0.3) is 0 Å². The number of carbonyl (C=O) groups is 2. The second-order valence-electron chi connectivity index (χ2n) is 4.94. The molecule has 0 spiro atoms. The minimum atomic E-state index is -0.261. The normalized spacial score (nSPS) is 10.1. The van der Waals surface area contributed by atoms with Crippen LogP contribution < -0.4 is 10.1 Å². The fraction of sp³-hybridized carbons (Fsp3) is 0.222. The van der Waals surface area contributed by atoms with Crippen LogP contribution in [-0.2, 0) is 11.2 Å². The summed E-state index contributed by atoms with van der Waals surface area (Å²) < 4.78 is 5.44. The van der Waals surface area contributed by atoms with E-state index in [1.54, 1.807) is 24.3 Å². The van der Waals surface area contributed by atoms with Crippen LogP contribution in [0.1, 0.15) is 29.8 Å². The summed E-state index contributed by atoms with van der Waals surface area (Å²) in [7, 11) is 0. The van der Waals surface area contributed by atoms with Gasteiger partial charge in [0.05, 0.1) is 5.56 Å². The van der Waals surface area contributed by atoms with Crippen molar-refractivity contribution in [3.05, 3.63) is 59.7 Å². The number of nitrogens with one attached hydrogen (secondary N) is 1. The quantitative estimate of drug-likeness (QED) is 0.831. The number of Topliss-reactive ketones (excluding diaryl/α,β-unsaturated/α-hetero) is 1. The Hall–Kier alpha value is -2.62. The first-order valence-corrected chi connectivity index (χ1v) is 7.21. The van der Waals surface area contributed by atoms with Crippen LogP contribution in [0.15, 0.2) is 48.5 Å². The third-order valence-corrected chi connectivity index (χ3v) is 3.27. The Morgan fingerprint density at radius 2 is 1.73 bits per heavy atom. The van der Waals surface area contributed by atoms with Crippen molar-refractivity contribution in [2.45, 2.75) is 20.3 Å². The Morgan fingerprint density at radius 1 is 1.05 bits per heavy atom. The monoisotopic (exact) mass is 297 g/mol. The number of benzene rings is 2. The smallest absolute Gasteiger partial charge is 0.262 e. The highest BCUT2D eigenvalue weighted by molar-refractivity contribution is 5.97. The van der Waals surface area contributed by atoms with Crippen molar-refractivity contribution in [2.24, 2.45) is 0 Å². The molecule has 0 heterocycles. The molecular formula is C18H19NO3. The van der Waals surface area contributed by atoms with Crippen molar-refractivity contribution in [1.82, 2.24) is 0 Å². The first-order valence-electron chi connectivity index (χ1n) is 7.21. The van der Waals surface area contributed by atoms with Crippen LogP contribution in [-0.4, -0.2) is 18.3 Å². The summed E-state index contributed by atoms with van der Waals surface area (Å²) in [4.78, 5) is 23.4. The standard InChI is InChI=1S/C18H19NO3/c1-3-14-8-10-15(11-9-14)19-18(21)12-22-17-7-5-4-6-16(17)13(2)20/h4-11H,3,12H2,1-2H3,(H,19,21). The number of anilines is 1. The topological polar surface area (TPSA) is 55.4 Å². The number of carbonyl (C=O) groups excluding carboxylic acids is 2. The molecule has 1 amide bonds. The average molecular weight is 297 g/mol. The van der Waals surface area contributed by atoms with Crippen LogP contribution in [0.4, 0.5) is 5.69 Å². The van der Waals surface area contributed by atoms with Crippen LogP contribution in [0, 0.1) is 0 Å². The molecule has 0 aliphatic rings. The van der Waals surface area contributed by atoms with E-state index in [4.69, 9.17) is 4.74 Å². The molecule has 1 N–H and O–H groups in total. The lowest BCUT2D eigenvalue weighted by Crippen LogP contribution is -2.20. The third kappa shape index (κ3) is 4.19. The molecule has 0 fully saturated rings. The van der Waals surface area contributed by atoms with Gasteiger partial charge in [0, 0.05) is 5.69 Å². The van der Waals surface area contributed by atoms with E-state index >= 15 is 0 Å². The molecule has 0 saturated carbocycles. The number of ether oxygens (including phenoxy) is 1. The van der Waals surface area contributed by atoms with E-state index in [-0.39, 0.29) is 18.3 Å². The average Bonchev–Trinajstić information content (AvgIpc) is 2.54. The highest BCUT2D eigenvalue weighted by Crippen LogP contribution is 2.18. The van der Waals surface area contributed by atoms with Gasteiger partial charge in [0.25, 0.3) is 5.91 Å². The second-order valence-corrected chi connectivity index (χ2v) is 4.94. The van der Waals surface area contributed by atoms with Gasteiger partial charge in [0.15, 0.2) is 12.4 Å². The summed E-state index contributed by atoms with van der Waals surface area (Å²) in [5, 5.41) is 2.76. The Balaban J connectivity index is 1.94. The maximum atomic E-state index is 11.9. The van der Waals surface area contributed by atoms with Gasteiger partial charge in [-0.1, -0.05) is 31.2 Å². The van der Waals surface area contributed by atoms with Crippen molar-refractivity contribution in [3.8, 4) is 5.75 Å². The maximum Gasteiger partial charge on any atom is 0.262 e. The molecule has 0 aliphatic carbocycles. The highest BCUT2D eigenvalue weighted by Gasteiger charge is 2.09. The molecule has 0 atom stereocenters. The summed E-state index contributed by atoms with van der Waals surface area (Å²) in [6.45, 7) is 3.41. The van der Waals surface area contributed by atoms with Gasteiger partial charge in [0.1, 0.15) is 5.75 Å². The molecule has 0 radical (unpaired) electrons. The Bertz CT molecular complexity index is 662. The van der Waals surface area contributed by atoms with Crippen molar-refractivity contribution in [2.75, 3.05) is 11.9 Å². The van der Waals surface area contributed by atoms with E-state index in [2.05, 4.69) is 12.2 Å². The van der Waals surface area contributed by atoms with Gasteiger partial charge >= 0.3 is 0 Å². The number of rotatable bonds is 6. The van der Waals surface area contributed by atoms with Gasteiger partial charge in [-0.25, -0.2) is 0 Å². The molecule has 0 saturated heterocycles. The SMILES string of the molecule is CCc1ccc(NC(=O)COc2ccccc2C(C)=O)cc1. The Kier molecular flexibility index (Phi) is 5.31. The zero-order valence-corrected chi connectivity index (χ0v) is 12.8. The number of hydrogen-bond donors (Lipinski definition) is 1. The molecule has 0 bridgehead atoms. The molecule has 0 unspecified atom stereocenters. The minimum Gasteiger partial charge on any atom is -0.483 e. The largest absolute Gasteiger partial charge is 0.483 e. The molecule has 4 nitrogen and oxygen atoms in total. The minimum absolute atomic E-state index is 0.0915. The lowest BCUT2D eigenvalue weighted by atomic mass is 10.1. The van der Waals surface area contributed by atoms with Gasteiger partial charge in [-0.15, -0.1) is 0 Å². The van der Waals surface area contributed by atoms with E-state index in [9.17, 15) is 9.59 Å². The van der Waals surface area contributed by atoms with E-state index in [0.29, 0.717) is 11.3 Å². The zero-order valence-electron chi connectivity index (χ0n) is 12.8. The van der Waals surface area contributed by atoms with E-state index in [1.807, 2.05) is 24.3 Å². The molecule has 22 heavy (non-hydrogen) atoms. The van der Waals surface area contributed by atoms with E-state index in [0.717, 1.165) is 12.1 Å². The number of ketones is 1. The van der Waals surface area contributed by atoms with Crippen LogP contribution in [0.2, 0.25) is 0 Å². The number of aryl methyl sites for hydroxylation is 1. The van der Waals surface area contributed by atoms with Crippen LogP contribution in [0.3, 0.4) is 0 Å². The number of para-hydroxylation sites is 1. The first-order chi connectivity index (χ1) is 10.6. The van der Waals surface area contributed by atoms with Gasteiger partial charge in [-0.2, -0.15) is 0 Å². The van der Waals surface area contributed by atoms with Crippen molar-refractivity contribution < 1.29 is 14.3 Å². The molecule has 4 heteroatoms. The predicted octanol–water partition coefficient (Wildman–Crippen LogP) is 3.47. The van der Waals surface area contributed by atoms with E-state index in [1.165, 1.54) is 12.5 Å². The molecule has 2 rings (SSSR count). The van der Waals surface area contributed by atoms with Gasteiger partial charge in [-0.3, -0.25) is 9.59 Å². The zero-order chi connectivity index (χ0) is 15.9.